The molecule has 1 atom stereocenters. The average molecular weight is 445 g/mol. The van der Waals surface area contributed by atoms with Crippen molar-refractivity contribution in [1.29, 1.82) is 0 Å². The van der Waals surface area contributed by atoms with Gasteiger partial charge in [-0.3, -0.25) is 4.79 Å². The Morgan fingerprint density at radius 2 is 1.45 bits per heavy atom. The van der Waals surface area contributed by atoms with Crippen LogP contribution in [0, 0.1) is 11.6 Å². The van der Waals surface area contributed by atoms with Crippen LogP contribution in [-0.4, -0.2) is 25.2 Å². The lowest BCUT2D eigenvalue weighted by atomic mass is 10.1. The van der Waals surface area contributed by atoms with Gasteiger partial charge in [-0.1, -0.05) is 42.5 Å². The number of nitrogens with zero attached hydrogens (tertiary/aromatic N) is 1. The smallest absolute Gasteiger partial charge is 0.243 e. The average Bonchev–Trinajstić information content (AvgIpc) is 2.75. The summed E-state index contributed by atoms with van der Waals surface area (Å²) in [6.07, 6.45) is 0. The third-order valence-electron chi connectivity index (χ3n) is 4.72. The third kappa shape index (κ3) is 5.96. The molecule has 8 heteroatoms. The standard InChI is InChI=1S/C23H22F2N2O3S/c1-17(19-9-13-21(25)14-10-19)26-23(28)16-27(15-18-7-11-20(24)12-8-18)31(29,30)22-5-3-2-4-6-22/h2-14,17H,15-16H2,1H3,(H,26,28)/t17-/m1/s1. The lowest BCUT2D eigenvalue weighted by molar-refractivity contribution is -0.122. The summed E-state index contributed by atoms with van der Waals surface area (Å²) in [4.78, 5) is 12.7. The van der Waals surface area contributed by atoms with Crippen molar-refractivity contribution < 1.29 is 22.0 Å². The zero-order valence-corrected chi connectivity index (χ0v) is 17.6. The van der Waals surface area contributed by atoms with Gasteiger partial charge in [0.2, 0.25) is 15.9 Å². The van der Waals surface area contributed by atoms with Crippen LogP contribution >= 0.6 is 0 Å². The number of halogens is 2. The topological polar surface area (TPSA) is 66.5 Å². The highest BCUT2D eigenvalue weighted by molar-refractivity contribution is 7.89. The predicted octanol–water partition coefficient (Wildman–Crippen LogP) is 4.03. The van der Waals surface area contributed by atoms with Gasteiger partial charge in [-0.05, 0) is 54.4 Å². The Kier molecular flexibility index (Phi) is 7.14. The van der Waals surface area contributed by atoms with E-state index in [0.29, 0.717) is 11.1 Å². The first kappa shape index (κ1) is 22.6. The van der Waals surface area contributed by atoms with E-state index in [1.54, 1.807) is 37.3 Å². The molecule has 0 fully saturated rings. The van der Waals surface area contributed by atoms with Gasteiger partial charge in [0.05, 0.1) is 17.5 Å². The second-order valence-electron chi connectivity index (χ2n) is 7.05. The number of hydrogen-bond acceptors (Lipinski definition) is 3. The van der Waals surface area contributed by atoms with Gasteiger partial charge in [0.25, 0.3) is 0 Å². The van der Waals surface area contributed by atoms with Crippen LogP contribution in [-0.2, 0) is 21.4 Å². The van der Waals surface area contributed by atoms with Crippen molar-refractivity contribution in [2.45, 2.75) is 24.4 Å². The van der Waals surface area contributed by atoms with Crippen molar-refractivity contribution in [2.75, 3.05) is 6.54 Å². The van der Waals surface area contributed by atoms with Crippen LogP contribution in [0.3, 0.4) is 0 Å². The molecular formula is C23H22F2N2O3S. The SMILES string of the molecule is C[C@@H](NC(=O)CN(Cc1ccc(F)cc1)S(=O)(=O)c1ccccc1)c1ccc(F)cc1. The van der Waals surface area contributed by atoms with Gasteiger partial charge in [-0.25, -0.2) is 17.2 Å². The molecule has 0 spiro atoms. The molecule has 0 heterocycles. The Morgan fingerprint density at radius 3 is 2.03 bits per heavy atom. The van der Waals surface area contributed by atoms with E-state index in [4.69, 9.17) is 0 Å². The van der Waals surface area contributed by atoms with E-state index < -0.39 is 34.3 Å². The number of carbonyl (C=O) groups is 1. The van der Waals surface area contributed by atoms with Crippen molar-refractivity contribution in [3.05, 3.63) is 102 Å². The summed E-state index contributed by atoms with van der Waals surface area (Å²) in [6.45, 7) is 1.19. The molecule has 5 nitrogen and oxygen atoms in total. The molecule has 0 aliphatic carbocycles. The summed E-state index contributed by atoms with van der Waals surface area (Å²) in [7, 11) is -3.98. The van der Waals surface area contributed by atoms with E-state index in [9.17, 15) is 22.0 Å². The normalized spacial score (nSPS) is 12.5. The van der Waals surface area contributed by atoms with E-state index in [-0.39, 0.29) is 17.3 Å². The van der Waals surface area contributed by atoms with E-state index in [2.05, 4.69) is 5.32 Å². The molecular weight excluding hydrogens is 422 g/mol. The van der Waals surface area contributed by atoms with Crippen LogP contribution < -0.4 is 5.32 Å². The summed E-state index contributed by atoms with van der Waals surface area (Å²) in [5.41, 5.74) is 1.23. The quantitative estimate of drug-likeness (QED) is 0.570. The largest absolute Gasteiger partial charge is 0.348 e. The van der Waals surface area contributed by atoms with Crippen LogP contribution in [0.15, 0.2) is 83.8 Å². The Labute approximate surface area is 180 Å². The first-order valence-corrected chi connectivity index (χ1v) is 11.0. The first-order chi connectivity index (χ1) is 14.8. The molecule has 0 bridgehead atoms. The van der Waals surface area contributed by atoms with Gasteiger partial charge in [0, 0.05) is 6.54 Å². The fourth-order valence-corrected chi connectivity index (χ4v) is 4.45. The monoisotopic (exact) mass is 444 g/mol. The molecule has 0 saturated carbocycles. The highest BCUT2D eigenvalue weighted by atomic mass is 32.2. The number of nitrogens with one attached hydrogen (secondary N) is 1. The first-order valence-electron chi connectivity index (χ1n) is 9.60. The van der Waals surface area contributed by atoms with Gasteiger partial charge in [-0.15, -0.1) is 0 Å². The molecule has 0 saturated heterocycles. The van der Waals surface area contributed by atoms with Crippen LogP contribution in [0.25, 0.3) is 0 Å². The van der Waals surface area contributed by atoms with Crippen molar-refractivity contribution in [3.8, 4) is 0 Å². The Bertz CT molecular complexity index is 1120. The van der Waals surface area contributed by atoms with Crippen LogP contribution in [0.5, 0.6) is 0 Å². The molecule has 162 valence electrons. The van der Waals surface area contributed by atoms with E-state index >= 15 is 0 Å². The van der Waals surface area contributed by atoms with Crippen molar-refractivity contribution in [2.24, 2.45) is 0 Å². The minimum Gasteiger partial charge on any atom is -0.348 e. The Hall–Kier alpha value is -3.10. The van der Waals surface area contributed by atoms with Gasteiger partial charge in [0.15, 0.2) is 0 Å². The fraction of sp³-hybridized carbons (Fsp3) is 0.174. The summed E-state index contributed by atoms with van der Waals surface area (Å²) < 4.78 is 53.7. The van der Waals surface area contributed by atoms with E-state index in [1.807, 2.05) is 0 Å². The number of sulfonamides is 1. The second kappa shape index (κ2) is 9.80. The van der Waals surface area contributed by atoms with E-state index in [1.165, 1.54) is 48.5 Å². The molecule has 0 aromatic heterocycles. The lowest BCUT2D eigenvalue weighted by Crippen LogP contribution is -2.41. The van der Waals surface area contributed by atoms with Gasteiger partial charge in [0.1, 0.15) is 11.6 Å². The maximum atomic E-state index is 13.2. The molecule has 3 aromatic carbocycles. The molecule has 31 heavy (non-hydrogen) atoms. The summed E-state index contributed by atoms with van der Waals surface area (Å²) in [6, 6.07) is 18.5. The number of carbonyl (C=O) groups excluding carboxylic acids is 1. The van der Waals surface area contributed by atoms with Crippen LogP contribution in [0.2, 0.25) is 0 Å². The molecule has 1 N–H and O–H groups in total. The molecule has 3 aromatic rings. The summed E-state index contributed by atoms with van der Waals surface area (Å²) in [5.74, 6) is -1.34. The fourth-order valence-electron chi connectivity index (χ4n) is 3.04. The number of benzene rings is 3. The van der Waals surface area contributed by atoms with Crippen molar-refractivity contribution in [1.82, 2.24) is 9.62 Å². The highest BCUT2D eigenvalue weighted by Crippen LogP contribution is 2.19. The zero-order valence-electron chi connectivity index (χ0n) is 16.8. The van der Waals surface area contributed by atoms with Crippen LogP contribution in [0.1, 0.15) is 24.1 Å². The minimum atomic E-state index is -3.98. The minimum absolute atomic E-state index is 0.0523. The Balaban J connectivity index is 1.81. The number of hydrogen-bond donors (Lipinski definition) is 1. The predicted molar refractivity (Wildman–Crippen MR) is 113 cm³/mol. The molecule has 0 aliphatic rings. The van der Waals surface area contributed by atoms with Crippen LogP contribution in [0.4, 0.5) is 8.78 Å². The highest BCUT2D eigenvalue weighted by Gasteiger charge is 2.27. The molecule has 1 amide bonds. The van der Waals surface area contributed by atoms with Gasteiger partial charge < -0.3 is 5.32 Å². The van der Waals surface area contributed by atoms with E-state index in [0.717, 1.165) is 4.31 Å². The Morgan fingerprint density at radius 1 is 0.903 bits per heavy atom. The number of amides is 1. The molecule has 3 rings (SSSR count). The number of rotatable bonds is 8. The van der Waals surface area contributed by atoms with Gasteiger partial charge in [-0.2, -0.15) is 4.31 Å². The zero-order chi connectivity index (χ0) is 22.4. The third-order valence-corrected chi connectivity index (χ3v) is 6.53. The summed E-state index contributed by atoms with van der Waals surface area (Å²) >= 11 is 0. The van der Waals surface area contributed by atoms with Crippen molar-refractivity contribution >= 4 is 15.9 Å². The maximum Gasteiger partial charge on any atom is 0.243 e. The molecule has 0 unspecified atom stereocenters. The lowest BCUT2D eigenvalue weighted by Gasteiger charge is -2.23. The van der Waals surface area contributed by atoms with Gasteiger partial charge >= 0.3 is 0 Å². The molecule has 0 radical (unpaired) electrons. The maximum absolute atomic E-state index is 13.2. The summed E-state index contributed by atoms with van der Waals surface area (Å²) in [5, 5.41) is 2.74. The second-order valence-corrected chi connectivity index (χ2v) is 8.99. The molecule has 0 aliphatic heterocycles. The van der Waals surface area contributed by atoms with Crippen molar-refractivity contribution in [3.63, 3.8) is 0 Å².